The molecule has 1 saturated heterocycles. The summed E-state index contributed by atoms with van der Waals surface area (Å²) in [7, 11) is 0. The number of amides is 1. The first-order valence-electron chi connectivity index (χ1n) is 11.6. The molecular weight excluding hydrogens is 404 g/mol. The largest absolute Gasteiger partial charge is 0.366 e. The Morgan fingerprint density at radius 3 is 2.69 bits per heavy atom. The maximum absolute atomic E-state index is 13.2. The molecule has 32 heavy (non-hydrogen) atoms. The predicted octanol–water partition coefficient (Wildman–Crippen LogP) is 3.02. The van der Waals surface area contributed by atoms with Crippen LogP contribution in [0.1, 0.15) is 54.7 Å². The third-order valence-electron chi connectivity index (χ3n) is 6.52. The SMILES string of the molecule is O=C(c1ccc2c(=O)n3c(nc2c1)CCCCCC3)N1CCC(Nc2cccnn2)CC1. The van der Waals surface area contributed by atoms with Gasteiger partial charge in [0, 0.05) is 43.9 Å². The number of carbonyl (C=O) groups is 1. The molecule has 0 atom stereocenters. The van der Waals surface area contributed by atoms with Crippen LogP contribution in [0, 0.1) is 0 Å². The molecule has 2 aliphatic rings. The Bertz CT molecular complexity index is 1170. The summed E-state index contributed by atoms with van der Waals surface area (Å²) in [6.45, 7) is 2.08. The lowest BCUT2D eigenvalue weighted by atomic mass is 10.0. The van der Waals surface area contributed by atoms with Gasteiger partial charge in [-0.2, -0.15) is 5.10 Å². The molecule has 1 amide bonds. The van der Waals surface area contributed by atoms with E-state index in [2.05, 4.69) is 15.5 Å². The molecule has 0 radical (unpaired) electrons. The summed E-state index contributed by atoms with van der Waals surface area (Å²) >= 11 is 0. The summed E-state index contributed by atoms with van der Waals surface area (Å²) in [5, 5.41) is 12.0. The molecule has 2 aromatic heterocycles. The van der Waals surface area contributed by atoms with Gasteiger partial charge in [0.15, 0.2) is 0 Å². The topological polar surface area (TPSA) is 93.0 Å². The molecule has 1 N–H and O–H groups in total. The number of anilines is 1. The molecule has 0 spiro atoms. The van der Waals surface area contributed by atoms with Gasteiger partial charge < -0.3 is 10.2 Å². The van der Waals surface area contributed by atoms with Crippen LogP contribution in [0.4, 0.5) is 5.82 Å². The standard InChI is InChI=1S/C24H28N6O2/c31-23(29-14-10-18(11-15-29)26-21-6-5-12-25-28-21)17-8-9-19-20(16-17)27-22-7-3-1-2-4-13-30(22)24(19)32/h5-6,8-9,12,16,18H,1-4,7,10-11,13-15H2,(H,26,28). The highest BCUT2D eigenvalue weighted by molar-refractivity contribution is 5.97. The summed E-state index contributed by atoms with van der Waals surface area (Å²) in [4.78, 5) is 32.9. The fraction of sp³-hybridized carbons (Fsp3) is 0.458. The Morgan fingerprint density at radius 2 is 1.88 bits per heavy atom. The highest BCUT2D eigenvalue weighted by Gasteiger charge is 2.24. The van der Waals surface area contributed by atoms with E-state index in [0.717, 1.165) is 56.7 Å². The third kappa shape index (κ3) is 4.22. The summed E-state index contributed by atoms with van der Waals surface area (Å²) in [6, 6.07) is 9.36. The molecule has 8 nitrogen and oxygen atoms in total. The second-order valence-corrected chi connectivity index (χ2v) is 8.70. The molecule has 0 bridgehead atoms. The second kappa shape index (κ2) is 9.06. The number of benzene rings is 1. The number of piperidine rings is 1. The van der Waals surface area contributed by atoms with Crippen LogP contribution in [0.2, 0.25) is 0 Å². The van der Waals surface area contributed by atoms with E-state index >= 15 is 0 Å². The average Bonchev–Trinajstić information content (AvgIpc) is 2.81. The minimum atomic E-state index is -0.00139. The summed E-state index contributed by atoms with van der Waals surface area (Å²) in [6.07, 6.45) is 8.56. The fourth-order valence-electron chi connectivity index (χ4n) is 4.73. The average molecular weight is 433 g/mol. The van der Waals surface area contributed by atoms with Gasteiger partial charge in [-0.25, -0.2) is 4.98 Å². The molecule has 2 aliphatic heterocycles. The lowest BCUT2D eigenvalue weighted by Crippen LogP contribution is -2.42. The van der Waals surface area contributed by atoms with E-state index in [9.17, 15) is 9.59 Å². The molecule has 1 aromatic carbocycles. The number of fused-ring (bicyclic) bond motifs is 2. The number of carbonyl (C=O) groups excluding carboxylic acids is 1. The van der Waals surface area contributed by atoms with Crippen molar-refractivity contribution in [3.05, 3.63) is 58.3 Å². The number of nitrogens with one attached hydrogen (secondary N) is 1. The van der Waals surface area contributed by atoms with Crippen LogP contribution in [0.15, 0.2) is 41.3 Å². The maximum Gasteiger partial charge on any atom is 0.261 e. The van der Waals surface area contributed by atoms with E-state index in [1.807, 2.05) is 21.6 Å². The van der Waals surface area contributed by atoms with E-state index in [0.29, 0.717) is 29.6 Å². The van der Waals surface area contributed by atoms with Crippen LogP contribution >= 0.6 is 0 Å². The van der Waals surface area contributed by atoms with Crippen LogP contribution in [0.25, 0.3) is 10.9 Å². The van der Waals surface area contributed by atoms with Crippen molar-refractivity contribution in [1.29, 1.82) is 0 Å². The van der Waals surface area contributed by atoms with E-state index in [-0.39, 0.29) is 17.5 Å². The molecule has 1 fully saturated rings. The lowest BCUT2D eigenvalue weighted by molar-refractivity contribution is 0.0718. The second-order valence-electron chi connectivity index (χ2n) is 8.70. The van der Waals surface area contributed by atoms with Gasteiger partial charge in [-0.05, 0) is 56.0 Å². The van der Waals surface area contributed by atoms with Gasteiger partial charge >= 0.3 is 0 Å². The van der Waals surface area contributed by atoms with Crippen molar-refractivity contribution in [1.82, 2.24) is 24.6 Å². The van der Waals surface area contributed by atoms with Gasteiger partial charge in [0.2, 0.25) is 0 Å². The zero-order chi connectivity index (χ0) is 21.9. The first-order chi connectivity index (χ1) is 15.7. The van der Waals surface area contributed by atoms with Gasteiger partial charge in [0.1, 0.15) is 11.6 Å². The summed E-state index contributed by atoms with van der Waals surface area (Å²) in [5.74, 6) is 1.61. The van der Waals surface area contributed by atoms with Crippen molar-refractivity contribution < 1.29 is 4.79 Å². The molecule has 0 saturated carbocycles. The lowest BCUT2D eigenvalue weighted by Gasteiger charge is -2.32. The number of likely N-dealkylation sites (tertiary alicyclic amines) is 1. The van der Waals surface area contributed by atoms with Crippen molar-refractivity contribution in [2.75, 3.05) is 18.4 Å². The molecule has 5 rings (SSSR count). The minimum absolute atomic E-state index is 0.00139. The van der Waals surface area contributed by atoms with Crippen molar-refractivity contribution in [3.8, 4) is 0 Å². The number of aryl methyl sites for hydroxylation is 1. The molecule has 4 heterocycles. The highest BCUT2D eigenvalue weighted by atomic mass is 16.2. The van der Waals surface area contributed by atoms with Crippen LogP contribution in [0.5, 0.6) is 0 Å². The van der Waals surface area contributed by atoms with Gasteiger partial charge in [0.25, 0.3) is 11.5 Å². The van der Waals surface area contributed by atoms with E-state index < -0.39 is 0 Å². The number of hydrogen-bond donors (Lipinski definition) is 1. The molecule has 8 heteroatoms. The Morgan fingerprint density at radius 1 is 1.03 bits per heavy atom. The zero-order valence-electron chi connectivity index (χ0n) is 18.2. The van der Waals surface area contributed by atoms with Crippen molar-refractivity contribution >= 4 is 22.6 Å². The smallest absolute Gasteiger partial charge is 0.261 e. The van der Waals surface area contributed by atoms with Crippen molar-refractivity contribution in [2.45, 2.75) is 57.5 Å². The molecule has 0 aliphatic carbocycles. The van der Waals surface area contributed by atoms with Crippen LogP contribution < -0.4 is 10.9 Å². The van der Waals surface area contributed by atoms with Gasteiger partial charge in [-0.3, -0.25) is 14.2 Å². The Balaban J connectivity index is 1.32. The molecule has 166 valence electrons. The first kappa shape index (κ1) is 20.6. The van der Waals surface area contributed by atoms with Crippen LogP contribution in [0.3, 0.4) is 0 Å². The van der Waals surface area contributed by atoms with Crippen molar-refractivity contribution in [3.63, 3.8) is 0 Å². The molecule has 0 unspecified atom stereocenters. The number of nitrogens with zero attached hydrogens (tertiary/aromatic N) is 5. The van der Waals surface area contributed by atoms with Crippen LogP contribution in [-0.4, -0.2) is 49.7 Å². The van der Waals surface area contributed by atoms with E-state index in [4.69, 9.17) is 4.98 Å². The number of aromatic nitrogens is 4. The highest BCUT2D eigenvalue weighted by Crippen LogP contribution is 2.20. The van der Waals surface area contributed by atoms with Crippen molar-refractivity contribution in [2.24, 2.45) is 0 Å². The maximum atomic E-state index is 13.2. The zero-order valence-corrected chi connectivity index (χ0v) is 18.2. The molecule has 3 aromatic rings. The Labute approximate surface area is 186 Å². The normalized spacial score (nSPS) is 17.4. The monoisotopic (exact) mass is 432 g/mol. The fourth-order valence-corrected chi connectivity index (χ4v) is 4.73. The molecular formula is C24H28N6O2. The Hall–Kier alpha value is -3.29. The van der Waals surface area contributed by atoms with Gasteiger partial charge in [-0.1, -0.05) is 12.8 Å². The van der Waals surface area contributed by atoms with Gasteiger partial charge in [0.05, 0.1) is 10.9 Å². The quantitative estimate of drug-likeness (QED) is 0.684. The Kier molecular flexibility index (Phi) is 5.83. The summed E-state index contributed by atoms with van der Waals surface area (Å²) < 4.78 is 1.83. The predicted molar refractivity (Wildman–Crippen MR) is 123 cm³/mol. The van der Waals surface area contributed by atoms with E-state index in [1.165, 1.54) is 6.42 Å². The number of rotatable bonds is 3. The van der Waals surface area contributed by atoms with E-state index in [1.54, 1.807) is 24.4 Å². The minimum Gasteiger partial charge on any atom is -0.366 e. The number of hydrogen-bond acceptors (Lipinski definition) is 6. The van der Waals surface area contributed by atoms with Crippen LogP contribution in [-0.2, 0) is 13.0 Å². The van der Waals surface area contributed by atoms with Gasteiger partial charge in [-0.15, -0.1) is 5.10 Å². The summed E-state index contributed by atoms with van der Waals surface area (Å²) in [5.41, 5.74) is 1.24. The third-order valence-corrected chi connectivity index (χ3v) is 6.52. The first-order valence-corrected chi connectivity index (χ1v) is 11.6.